The van der Waals surface area contributed by atoms with Crippen LogP contribution < -0.4 is 4.90 Å². The van der Waals surface area contributed by atoms with E-state index in [0.717, 1.165) is 34.8 Å². The van der Waals surface area contributed by atoms with E-state index in [4.69, 9.17) is 0 Å². The first-order valence-corrected chi connectivity index (χ1v) is 28.1. The van der Waals surface area contributed by atoms with E-state index in [9.17, 15) is 0 Å². The minimum atomic E-state index is -0.555. The summed E-state index contributed by atoms with van der Waals surface area (Å²) < 4.78 is 0. The Bertz CT molecular complexity index is 3590. The Morgan fingerprint density at radius 1 is 0.320 bits per heavy atom. The van der Waals surface area contributed by atoms with Gasteiger partial charge in [-0.05, 0) is 192 Å². The quantitative estimate of drug-likeness (QED) is 0.147. The lowest BCUT2D eigenvalue weighted by Crippen LogP contribution is -2.48. The van der Waals surface area contributed by atoms with E-state index in [1.807, 2.05) is 0 Å². The molecule has 0 amide bonds. The van der Waals surface area contributed by atoms with Crippen LogP contribution in [0, 0.1) is 17.8 Å². The molecule has 0 spiro atoms. The summed E-state index contributed by atoms with van der Waals surface area (Å²) in [6.45, 7) is 13.9. The van der Waals surface area contributed by atoms with Crippen LogP contribution in [0.2, 0.25) is 0 Å². The second kappa shape index (κ2) is 16.9. The molecule has 1 nitrogen and oxygen atoms in total. The van der Waals surface area contributed by atoms with Crippen LogP contribution in [-0.4, -0.2) is 0 Å². The standard InChI is InChI=1S/C74H69N/c1-70(2,3)52-26-30-56(31-27-52)73(54-18-10-7-11-19-54)66-25-17-16-24-62(66)64-38-35-60(44-68(64)73)75(59-22-14-9-15-23-59)61-36-39-65-63-37-34-58(72-46-49-40-50(47-72)42-51(41-49)48-72)43-67(63)74(69(65)45-61,55-20-12-8-13-21-55)57-32-28-53(29-33-57)71(4,5)6/h7-39,43-45,49-51H,40-42,46-48H2,1-6H3. The van der Waals surface area contributed by atoms with Crippen LogP contribution in [0.3, 0.4) is 0 Å². The van der Waals surface area contributed by atoms with Gasteiger partial charge in [-0.15, -0.1) is 0 Å². The van der Waals surface area contributed by atoms with Crippen LogP contribution >= 0.6 is 0 Å². The van der Waals surface area contributed by atoms with Crippen molar-refractivity contribution in [2.24, 2.45) is 17.8 Å². The molecule has 4 fully saturated rings. The molecule has 370 valence electrons. The molecule has 9 aromatic rings. The second-order valence-corrected chi connectivity index (χ2v) is 25.5. The number of anilines is 3. The van der Waals surface area contributed by atoms with Gasteiger partial charge < -0.3 is 4.90 Å². The number of fused-ring (bicyclic) bond motifs is 6. The molecular weight excluding hydrogens is 903 g/mol. The van der Waals surface area contributed by atoms with Crippen LogP contribution in [0.5, 0.6) is 0 Å². The van der Waals surface area contributed by atoms with Crippen molar-refractivity contribution in [3.63, 3.8) is 0 Å². The fourth-order valence-electron chi connectivity index (χ4n) is 16.1. The van der Waals surface area contributed by atoms with E-state index in [-0.39, 0.29) is 16.2 Å². The topological polar surface area (TPSA) is 3.24 Å². The maximum Gasteiger partial charge on any atom is 0.0714 e. The molecule has 0 saturated heterocycles. The molecule has 4 saturated carbocycles. The van der Waals surface area contributed by atoms with Crippen LogP contribution in [0.4, 0.5) is 17.1 Å². The molecule has 0 aliphatic heterocycles. The van der Waals surface area contributed by atoms with E-state index >= 15 is 0 Å². The summed E-state index contributed by atoms with van der Waals surface area (Å²) in [5.41, 5.74) is 22.8. The number of rotatable bonds is 8. The summed E-state index contributed by atoms with van der Waals surface area (Å²) >= 11 is 0. The lowest BCUT2D eigenvalue weighted by atomic mass is 9.48. The van der Waals surface area contributed by atoms with Gasteiger partial charge in [0.1, 0.15) is 0 Å². The Balaban J connectivity index is 1.00. The van der Waals surface area contributed by atoms with Crippen molar-refractivity contribution in [2.45, 2.75) is 107 Å². The maximum atomic E-state index is 2.73. The summed E-state index contributed by atoms with van der Waals surface area (Å²) in [5.74, 6) is 2.62. The lowest BCUT2D eigenvalue weighted by Gasteiger charge is -2.57. The van der Waals surface area contributed by atoms with E-state index < -0.39 is 10.8 Å². The highest BCUT2D eigenvalue weighted by Crippen LogP contribution is 2.64. The van der Waals surface area contributed by atoms with E-state index in [1.165, 1.54) is 116 Å². The monoisotopic (exact) mass is 972 g/mol. The molecule has 0 N–H and O–H groups in total. The molecule has 6 aliphatic rings. The summed E-state index contributed by atoms with van der Waals surface area (Å²) in [4.78, 5) is 2.53. The first kappa shape index (κ1) is 46.3. The number of nitrogens with zero attached hydrogens (tertiary/aromatic N) is 1. The van der Waals surface area contributed by atoms with Crippen molar-refractivity contribution in [1.82, 2.24) is 0 Å². The van der Waals surface area contributed by atoms with E-state index in [2.05, 4.69) is 265 Å². The van der Waals surface area contributed by atoms with Crippen LogP contribution in [-0.2, 0) is 27.1 Å². The molecular formula is C74H69N. The third-order valence-electron chi connectivity index (χ3n) is 19.1. The van der Waals surface area contributed by atoms with E-state index in [1.54, 1.807) is 5.56 Å². The Labute approximate surface area is 446 Å². The first-order valence-electron chi connectivity index (χ1n) is 28.1. The predicted octanol–water partition coefficient (Wildman–Crippen LogP) is 18.9. The zero-order chi connectivity index (χ0) is 50.9. The Morgan fingerprint density at radius 2 is 0.680 bits per heavy atom. The molecule has 2 atom stereocenters. The molecule has 0 heterocycles. The van der Waals surface area contributed by atoms with Crippen molar-refractivity contribution in [3.05, 3.63) is 280 Å². The number of para-hydroxylation sites is 1. The third kappa shape index (κ3) is 7.02. The molecule has 9 aromatic carbocycles. The fourth-order valence-corrected chi connectivity index (χ4v) is 16.1. The number of hydrogen-bond donors (Lipinski definition) is 0. The lowest BCUT2D eigenvalue weighted by molar-refractivity contribution is -0.00522. The smallest absolute Gasteiger partial charge is 0.0714 e. The molecule has 0 aromatic heterocycles. The predicted molar refractivity (Wildman–Crippen MR) is 313 cm³/mol. The zero-order valence-corrected chi connectivity index (χ0v) is 44.7. The molecule has 4 bridgehead atoms. The zero-order valence-electron chi connectivity index (χ0n) is 44.7. The highest BCUT2D eigenvalue weighted by atomic mass is 15.1. The van der Waals surface area contributed by atoms with Gasteiger partial charge in [-0.3, -0.25) is 0 Å². The number of benzene rings is 9. The van der Waals surface area contributed by atoms with Crippen molar-refractivity contribution in [2.75, 3.05) is 4.90 Å². The van der Waals surface area contributed by atoms with Crippen molar-refractivity contribution < 1.29 is 0 Å². The maximum absolute atomic E-state index is 2.73. The third-order valence-corrected chi connectivity index (χ3v) is 19.1. The van der Waals surface area contributed by atoms with Crippen molar-refractivity contribution in [3.8, 4) is 22.3 Å². The van der Waals surface area contributed by atoms with Gasteiger partial charge in [0.25, 0.3) is 0 Å². The summed E-state index contributed by atoms with van der Waals surface area (Å²) in [5, 5.41) is 0. The summed E-state index contributed by atoms with van der Waals surface area (Å²) in [6, 6.07) is 85.0. The SMILES string of the molecule is CC(C)(C)c1ccc(C2(c3ccccc3)c3ccccc3-c3ccc(N(c4ccccc4)c4ccc5c(c4)C(c4ccccc4)(c4ccc(C(C)(C)C)cc4)c4cc(C67CC8CC(CC(C8)C6)C7)ccc4-5)cc32)cc1. The molecule has 2 unspecified atom stereocenters. The molecule has 75 heavy (non-hydrogen) atoms. The van der Waals surface area contributed by atoms with Crippen molar-refractivity contribution in [1.29, 1.82) is 0 Å². The van der Waals surface area contributed by atoms with Crippen LogP contribution in [0.1, 0.15) is 141 Å². The summed E-state index contributed by atoms with van der Waals surface area (Å²) in [6.07, 6.45) is 8.37. The molecule has 15 rings (SSSR count). The van der Waals surface area contributed by atoms with Gasteiger partial charge in [-0.2, -0.15) is 0 Å². The van der Waals surface area contributed by atoms with Gasteiger partial charge in [-0.1, -0.05) is 224 Å². The fraction of sp³-hybridized carbons (Fsp3) is 0.270. The Morgan fingerprint density at radius 3 is 1.15 bits per heavy atom. The van der Waals surface area contributed by atoms with Crippen LogP contribution in [0.25, 0.3) is 22.3 Å². The molecule has 6 aliphatic carbocycles. The van der Waals surface area contributed by atoms with Crippen molar-refractivity contribution >= 4 is 17.1 Å². The van der Waals surface area contributed by atoms with Gasteiger partial charge in [-0.25, -0.2) is 0 Å². The second-order valence-electron chi connectivity index (χ2n) is 25.5. The number of hydrogen-bond acceptors (Lipinski definition) is 1. The van der Waals surface area contributed by atoms with Gasteiger partial charge in [0.2, 0.25) is 0 Å². The first-order chi connectivity index (χ1) is 36.3. The molecule has 0 radical (unpaired) electrons. The highest BCUT2D eigenvalue weighted by Gasteiger charge is 2.54. The highest BCUT2D eigenvalue weighted by molar-refractivity contribution is 5.92. The van der Waals surface area contributed by atoms with Gasteiger partial charge >= 0.3 is 0 Å². The Hall–Kier alpha value is -7.22. The minimum Gasteiger partial charge on any atom is -0.310 e. The minimum absolute atomic E-state index is 0.0319. The summed E-state index contributed by atoms with van der Waals surface area (Å²) in [7, 11) is 0. The van der Waals surface area contributed by atoms with Gasteiger partial charge in [0, 0.05) is 17.1 Å². The average molecular weight is 972 g/mol. The van der Waals surface area contributed by atoms with Gasteiger partial charge in [0.05, 0.1) is 10.8 Å². The Kier molecular flexibility index (Phi) is 10.4. The van der Waals surface area contributed by atoms with Crippen LogP contribution in [0.15, 0.2) is 218 Å². The average Bonchev–Trinajstić information content (AvgIpc) is 4.00. The van der Waals surface area contributed by atoms with E-state index in [0.29, 0.717) is 0 Å². The van der Waals surface area contributed by atoms with Gasteiger partial charge in [0.15, 0.2) is 0 Å². The largest absolute Gasteiger partial charge is 0.310 e. The normalized spacial score (nSPS) is 23.8. The molecule has 1 heteroatoms.